The van der Waals surface area contributed by atoms with Crippen molar-refractivity contribution in [2.75, 3.05) is 18.9 Å². The second-order valence-electron chi connectivity index (χ2n) is 4.68. The fourth-order valence-corrected chi connectivity index (χ4v) is 2.77. The van der Waals surface area contributed by atoms with Gasteiger partial charge in [-0.3, -0.25) is 9.59 Å². The van der Waals surface area contributed by atoms with Crippen molar-refractivity contribution < 1.29 is 9.59 Å². The third-order valence-electron chi connectivity index (χ3n) is 2.92. The number of thiophene rings is 1. The fourth-order valence-electron chi connectivity index (χ4n) is 1.78. The van der Waals surface area contributed by atoms with Crippen LogP contribution in [0.4, 0.5) is 5.69 Å². The lowest BCUT2D eigenvalue weighted by Gasteiger charge is -2.16. The fraction of sp³-hybridized carbons (Fsp3) is 0.200. The molecule has 0 saturated heterocycles. The molecule has 1 aromatic carbocycles. The van der Waals surface area contributed by atoms with Crippen LogP contribution < -0.4 is 5.32 Å². The van der Waals surface area contributed by atoms with Crippen molar-refractivity contribution in [3.8, 4) is 0 Å². The van der Waals surface area contributed by atoms with Crippen LogP contribution in [0.2, 0.25) is 10.0 Å². The minimum Gasteiger partial charge on any atom is -0.336 e. The summed E-state index contributed by atoms with van der Waals surface area (Å²) in [6, 6.07) is 8.61. The summed E-state index contributed by atoms with van der Waals surface area (Å²) in [5.74, 6) is -0.396. The predicted molar refractivity (Wildman–Crippen MR) is 90.8 cm³/mol. The van der Waals surface area contributed by atoms with Crippen molar-refractivity contribution in [1.82, 2.24) is 4.90 Å². The summed E-state index contributed by atoms with van der Waals surface area (Å²) in [7, 11) is 1.60. The zero-order valence-corrected chi connectivity index (χ0v) is 14.1. The zero-order chi connectivity index (χ0) is 16.1. The van der Waals surface area contributed by atoms with E-state index in [-0.39, 0.29) is 18.4 Å². The maximum Gasteiger partial charge on any atom is 0.243 e. The lowest BCUT2D eigenvalue weighted by atomic mass is 10.3. The van der Waals surface area contributed by atoms with E-state index in [0.29, 0.717) is 22.2 Å². The van der Waals surface area contributed by atoms with Gasteiger partial charge in [0, 0.05) is 17.6 Å². The number of hydrogen-bond acceptors (Lipinski definition) is 3. The van der Waals surface area contributed by atoms with Gasteiger partial charge in [0.1, 0.15) is 0 Å². The minimum absolute atomic E-state index is 0.0234. The Hall–Kier alpha value is -1.56. The number of nitrogens with one attached hydrogen (secondary N) is 1. The zero-order valence-electron chi connectivity index (χ0n) is 11.8. The van der Waals surface area contributed by atoms with Gasteiger partial charge in [0.2, 0.25) is 11.8 Å². The summed E-state index contributed by atoms with van der Waals surface area (Å²) in [5, 5.41) is 5.38. The van der Waals surface area contributed by atoms with E-state index in [1.54, 1.807) is 25.2 Å². The minimum atomic E-state index is -0.291. The van der Waals surface area contributed by atoms with Crippen molar-refractivity contribution in [3.05, 3.63) is 50.6 Å². The largest absolute Gasteiger partial charge is 0.336 e. The van der Waals surface area contributed by atoms with Crippen LogP contribution in [0, 0.1) is 0 Å². The van der Waals surface area contributed by atoms with E-state index in [1.165, 1.54) is 16.2 Å². The Bertz CT molecular complexity index is 674. The molecule has 2 aromatic rings. The van der Waals surface area contributed by atoms with E-state index in [2.05, 4.69) is 5.32 Å². The number of hydrogen-bond donors (Lipinski definition) is 1. The standard InChI is InChI=1S/C15H14Cl2N2O2S/c1-19(15(21)8-11-3-2-6-22-11)9-14(20)18-10-4-5-12(16)13(17)7-10/h2-7H,8-9H2,1H3,(H,18,20). The van der Waals surface area contributed by atoms with Crippen molar-refractivity contribution in [2.24, 2.45) is 0 Å². The first kappa shape index (κ1) is 16.8. The van der Waals surface area contributed by atoms with Gasteiger partial charge in [0.15, 0.2) is 0 Å². The van der Waals surface area contributed by atoms with Gasteiger partial charge < -0.3 is 10.2 Å². The van der Waals surface area contributed by atoms with Crippen LogP contribution in [0.15, 0.2) is 35.7 Å². The number of carbonyl (C=O) groups excluding carboxylic acids is 2. The van der Waals surface area contributed by atoms with Crippen molar-refractivity contribution in [2.45, 2.75) is 6.42 Å². The first-order valence-electron chi connectivity index (χ1n) is 6.47. The molecule has 0 bridgehead atoms. The monoisotopic (exact) mass is 356 g/mol. The highest BCUT2D eigenvalue weighted by molar-refractivity contribution is 7.10. The van der Waals surface area contributed by atoms with Crippen LogP contribution in [-0.2, 0) is 16.0 Å². The molecule has 0 atom stereocenters. The average molecular weight is 357 g/mol. The third-order valence-corrected chi connectivity index (χ3v) is 4.53. The number of nitrogens with zero attached hydrogens (tertiary/aromatic N) is 1. The Labute approximate surface area is 142 Å². The maximum atomic E-state index is 12.0. The molecule has 0 aliphatic carbocycles. The third kappa shape index (κ3) is 4.73. The summed E-state index contributed by atoms with van der Waals surface area (Å²) in [5.41, 5.74) is 0.540. The molecule has 0 aliphatic rings. The highest BCUT2D eigenvalue weighted by Gasteiger charge is 2.14. The summed E-state index contributed by atoms with van der Waals surface area (Å²) in [6.45, 7) is -0.0234. The van der Waals surface area contributed by atoms with Crippen LogP contribution in [0.3, 0.4) is 0 Å². The lowest BCUT2D eigenvalue weighted by molar-refractivity contribution is -0.132. The molecule has 22 heavy (non-hydrogen) atoms. The van der Waals surface area contributed by atoms with Crippen molar-refractivity contribution >= 4 is 52.0 Å². The molecule has 0 spiro atoms. The Morgan fingerprint density at radius 1 is 1.23 bits per heavy atom. The van der Waals surface area contributed by atoms with Gasteiger partial charge in [0.05, 0.1) is 23.0 Å². The van der Waals surface area contributed by atoms with Crippen LogP contribution in [-0.4, -0.2) is 30.3 Å². The second-order valence-corrected chi connectivity index (χ2v) is 6.53. The molecule has 2 amide bonds. The van der Waals surface area contributed by atoms with Gasteiger partial charge in [-0.2, -0.15) is 0 Å². The Balaban J connectivity index is 1.87. The Kier molecular flexibility index (Phi) is 5.83. The summed E-state index contributed by atoms with van der Waals surface area (Å²) < 4.78 is 0. The van der Waals surface area contributed by atoms with E-state index in [9.17, 15) is 9.59 Å². The van der Waals surface area contributed by atoms with Gasteiger partial charge in [-0.05, 0) is 29.6 Å². The lowest BCUT2D eigenvalue weighted by Crippen LogP contribution is -2.35. The van der Waals surface area contributed by atoms with Gasteiger partial charge in [-0.1, -0.05) is 29.3 Å². The molecule has 0 unspecified atom stereocenters. The second kappa shape index (κ2) is 7.63. The number of benzene rings is 1. The average Bonchev–Trinajstić information content (AvgIpc) is 2.95. The van der Waals surface area contributed by atoms with Gasteiger partial charge in [0.25, 0.3) is 0 Å². The van der Waals surface area contributed by atoms with Crippen LogP contribution >= 0.6 is 34.5 Å². The molecule has 4 nitrogen and oxygen atoms in total. The quantitative estimate of drug-likeness (QED) is 0.887. The molecule has 0 aliphatic heterocycles. The highest BCUT2D eigenvalue weighted by Crippen LogP contribution is 2.24. The highest BCUT2D eigenvalue weighted by atomic mass is 35.5. The van der Waals surface area contributed by atoms with Crippen LogP contribution in [0.5, 0.6) is 0 Å². The van der Waals surface area contributed by atoms with Gasteiger partial charge in [-0.25, -0.2) is 0 Å². The van der Waals surface area contributed by atoms with Crippen molar-refractivity contribution in [3.63, 3.8) is 0 Å². The number of rotatable bonds is 5. The number of anilines is 1. The van der Waals surface area contributed by atoms with E-state index in [4.69, 9.17) is 23.2 Å². The van der Waals surface area contributed by atoms with Gasteiger partial charge >= 0.3 is 0 Å². The molecule has 1 aromatic heterocycles. The molecule has 1 heterocycles. The Morgan fingerprint density at radius 2 is 2.00 bits per heavy atom. The Morgan fingerprint density at radius 3 is 2.64 bits per heavy atom. The summed E-state index contributed by atoms with van der Waals surface area (Å²) >= 11 is 13.2. The predicted octanol–water partition coefficient (Wildman–Crippen LogP) is 3.69. The van der Waals surface area contributed by atoms with E-state index < -0.39 is 0 Å². The molecule has 1 N–H and O–H groups in total. The molecular formula is C15H14Cl2N2O2S. The molecule has 0 radical (unpaired) electrons. The van der Waals surface area contributed by atoms with E-state index in [0.717, 1.165) is 4.88 Å². The number of halogens is 2. The molecule has 0 saturated carbocycles. The normalized spacial score (nSPS) is 10.3. The summed E-state index contributed by atoms with van der Waals surface area (Å²) in [6.07, 6.45) is 0.300. The SMILES string of the molecule is CN(CC(=O)Nc1ccc(Cl)c(Cl)c1)C(=O)Cc1cccs1. The molecule has 2 rings (SSSR count). The van der Waals surface area contributed by atoms with Crippen LogP contribution in [0.1, 0.15) is 4.88 Å². The molecule has 116 valence electrons. The van der Waals surface area contributed by atoms with Gasteiger partial charge in [-0.15, -0.1) is 11.3 Å². The molecule has 7 heteroatoms. The van der Waals surface area contributed by atoms with Crippen molar-refractivity contribution in [1.29, 1.82) is 0 Å². The maximum absolute atomic E-state index is 12.0. The smallest absolute Gasteiger partial charge is 0.243 e. The number of amides is 2. The number of likely N-dealkylation sites (N-methyl/N-ethyl adjacent to an activating group) is 1. The first-order chi connectivity index (χ1) is 10.5. The van der Waals surface area contributed by atoms with Crippen LogP contribution in [0.25, 0.3) is 0 Å². The first-order valence-corrected chi connectivity index (χ1v) is 8.10. The number of carbonyl (C=O) groups is 2. The summed E-state index contributed by atoms with van der Waals surface area (Å²) in [4.78, 5) is 26.3. The molecular weight excluding hydrogens is 343 g/mol. The van der Waals surface area contributed by atoms with E-state index >= 15 is 0 Å². The molecule has 0 fully saturated rings. The topological polar surface area (TPSA) is 49.4 Å². The van der Waals surface area contributed by atoms with E-state index in [1.807, 2.05) is 17.5 Å².